The smallest absolute Gasteiger partial charge is 0.245 e. The molecule has 0 aliphatic carbocycles. The maximum atomic E-state index is 12.3. The van der Waals surface area contributed by atoms with Crippen LogP contribution in [0.4, 0.5) is 0 Å². The molecular weight excluding hydrogens is 272 g/mol. The van der Waals surface area contributed by atoms with Crippen LogP contribution in [0.5, 0.6) is 0 Å². The molecule has 0 unspecified atom stereocenters. The largest absolute Gasteiger partial charge is 0.383 e. The number of hydrogen-bond donors (Lipinski definition) is 0. The summed E-state index contributed by atoms with van der Waals surface area (Å²) in [5, 5.41) is 0. The molecule has 21 heavy (non-hydrogen) atoms. The molecule has 0 radical (unpaired) electrons. The van der Waals surface area contributed by atoms with Crippen LogP contribution in [0.25, 0.3) is 0 Å². The average Bonchev–Trinajstić information content (AvgIpc) is 2.48. The van der Waals surface area contributed by atoms with Gasteiger partial charge in [0.15, 0.2) is 0 Å². The number of amides is 2. The van der Waals surface area contributed by atoms with E-state index in [1.165, 1.54) is 4.90 Å². The Balaban J connectivity index is 2.06. The van der Waals surface area contributed by atoms with Crippen molar-refractivity contribution in [2.45, 2.75) is 26.4 Å². The van der Waals surface area contributed by atoms with Crippen molar-refractivity contribution >= 4 is 11.8 Å². The number of rotatable bonds is 5. The van der Waals surface area contributed by atoms with Crippen LogP contribution in [-0.4, -0.2) is 64.4 Å². The highest BCUT2D eigenvalue weighted by Gasteiger charge is 2.36. The lowest BCUT2D eigenvalue weighted by Gasteiger charge is -2.38. The molecule has 0 aromatic carbocycles. The third kappa shape index (κ3) is 3.55. The van der Waals surface area contributed by atoms with Crippen molar-refractivity contribution in [1.29, 1.82) is 0 Å². The summed E-state index contributed by atoms with van der Waals surface area (Å²) in [7, 11) is 1.57. The Labute approximate surface area is 123 Å². The standard InChI is InChI=1S/C14H20N4O3/c1-10-6-16-12(7-15-10)8-18-11(2)14(20)17(4-5-21-3)9-13(18)19/h6-7,11H,4-5,8-9H2,1-3H3/t11-/m0/s1. The summed E-state index contributed by atoms with van der Waals surface area (Å²) in [5.74, 6) is -0.146. The third-order valence-electron chi connectivity index (χ3n) is 3.52. The first-order chi connectivity index (χ1) is 10.0. The fraction of sp³-hybridized carbons (Fsp3) is 0.571. The zero-order chi connectivity index (χ0) is 15.4. The number of aromatic nitrogens is 2. The fourth-order valence-corrected chi connectivity index (χ4v) is 2.24. The molecule has 114 valence electrons. The number of nitrogens with zero attached hydrogens (tertiary/aromatic N) is 4. The second-order valence-electron chi connectivity index (χ2n) is 5.10. The van der Waals surface area contributed by atoms with E-state index in [1.807, 2.05) is 6.92 Å². The lowest BCUT2D eigenvalue weighted by molar-refractivity contribution is -0.156. The minimum atomic E-state index is -0.494. The first-order valence-corrected chi connectivity index (χ1v) is 6.87. The molecule has 1 aliphatic rings. The number of carbonyl (C=O) groups excluding carboxylic acids is 2. The van der Waals surface area contributed by atoms with Gasteiger partial charge in [-0.05, 0) is 13.8 Å². The van der Waals surface area contributed by atoms with E-state index in [4.69, 9.17) is 4.74 Å². The van der Waals surface area contributed by atoms with Gasteiger partial charge in [-0.1, -0.05) is 0 Å². The summed E-state index contributed by atoms with van der Waals surface area (Å²) in [5.41, 5.74) is 1.50. The van der Waals surface area contributed by atoms with Crippen molar-refractivity contribution in [3.05, 3.63) is 23.8 Å². The van der Waals surface area contributed by atoms with E-state index in [-0.39, 0.29) is 18.4 Å². The topological polar surface area (TPSA) is 75.6 Å². The summed E-state index contributed by atoms with van der Waals surface area (Å²) in [6.07, 6.45) is 3.29. The Morgan fingerprint density at radius 3 is 2.71 bits per heavy atom. The highest BCUT2D eigenvalue weighted by Crippen LogP contribution is 2.15. The van der Waals surface area contributed by atoms with Crippen LogP contribution in [-0.2, 0) is 20.9 Å². The van der Waals surface area contributed by atoms with Gasteiger partial charge in [-0.2, -0.15) is 0 Å². The van der Waals surface area contributed by atoms with Crippen LogP contribution < -0.4 is 0 Å². The molecule has 2 amide bonds. The second-order valence-corrected chi connectivity index (χ2v) is 5.10. The van der Waals surface area contributed by atoms with Gasteiger partial charge < -0.3 is 14.5 Å². The normalized spacial score (nSPS) is 19.3. The second kappa shape index (κ2) is 6.62. The number of methoxy groups -OCH3 is 1. The molecule has 0 spiro atoms. The number of hydrogen-bond acceptors (Lipinski definition) is 5. The Hall–Kier alpha value is -2.02. The summed E-state index contributed by atoms with van der Waals surface area (Å²) < 4.78 is 4.96. The zero-order valence-corrected chi connectivity index (χ0v) is 12.6. The molecular formula is C14H20N4O3. The van der Waals surface area contributed by atoms with E-state index in [9.17, 15) is 9.59 Å². The average molecular weight is 292 g/mol. The van der Waals surface area contributed by atoms with Crippen LogP contribution in [0, 0.1) is 6.92 Å². The summed E-state index contributed by atoms with van der Waals surface area (Å²) >= 11 is 0. The monoisotopic (exact) mass is 292 g/mol. The highest BCUT2D eigenvalue weighted by atomic mass is 16.5. The van der Waals surface area contributed by atoms with E-state index >= 15 is 0 Å². The zero-order valence-electron chi connectivity index (χ0n) is 12.6. The molecule has 0 bridgehead atoms. The number of ether oxygens (including phenoxy) is 1. The summed E-state index contributed by atoms with van der Waals surface area (Å²) in [6.45, 7) is 4.84. The van der Waals surface area contributed by atoms with E-state index in [1.54, 1.807) is 31.3 Å². The van der Waals surface area contributed by atoms with Crippen LogP contribution in [0.2, 0.25) is 0 Å². The third-order valence-corrected chi connectivity index (χ3v) is 3.52. The first-order valence-electron chi connectivity index (χ1n) is 6.87. The molecule has 0 saturated carbocycles. The molecule has 2 heterocycles. The Morgan fingerprint density at radius 2 is 2.10 bits per heavy atom. The van der Waals surface area contributed by atoms with Gasteiger partial charge in [0.1, 0.15) is 6.04 Å². The van der Waals surface area contributed by atoms with Crippen LogP contribution in [0.1, 0.15) is 18.3 Å². The Kier molecular flexibility index (Phi) is 4.85. The van der Waals surface area contributed by atoms with Crippen molar-refractivity contribution in [3.8, 4) is 0 Å². The van der Waals surface area contributed by atoms with Crippen LogP contribution >= 0.6 is 0 Å². The van der Waals surface area contributed by atoms with Crippen molar-refractivity contribution in [3.63, 3.8) is 0 Å². The van der Waals surface area contributed by atoms with Gasteiger partial charge >= 0.3 is 0 Å². The summed E-state index contributed by atoms with van der Waals surface area (Å²) in [6, 6.07) is -0.494. The number of aryl methyl sites for hydroxylation is 1. The van der Waals surface area contributed by atoms with E-state index in [0.717, 1.165) is 5.69 Å². The minimum Gasteiger partial charge on any atom is -0.383 e. The van der Waals surface area contributed by atoms with E-state index < -0.39 is 6.04 Å². The van der Waals surface area contributed by atoms with E-state index in [2.05, 4.69) is 9.97 Å². The van der Waals surface area contributed by atoms with Gasteiger partial charge in [0, 0.05) is 19.9 Å². The summed E-state index contributed by atoms with van der Waals surface area (Å²) in [4.78, 5) is 36.0. The van der Waals surface area contributed by atoms with Crippen LogP contribution in [0.15, 0.2) is 12.4 Å². The molecule has 1 aromatic heterocycles. The van der Waals surface area contributed by atoms with Gasteiger partial charge in [0.25, 0.3) is 0 Å². The quantitative estimate of drug-likeness (QED) is 0.763. The lowest BCUT2D eigenvalue weighted by Crippen LogP contribution is -2.58. The predicted octanol–water partition coefficient (Wildman–Crippen LogP) is -0.00928. The number of piperazine rings is 1. The SMILES string of the molecule is COCCN1CC(=O)N(Cc2cnc(C)cn2)[C@@H](C)C1=O. The predicted molar refractivity (Wildman–Crippen MR) is 75.2 cm³/mol. The molecule has 0 N–H and O–H groups in total. The minimum absolute atomic E-state index is 0.0632. The molecule has 1 atom stereocenters. The van der Waals surface area contributed by atoms with Crippen LogP contribution in [0.3, 0.4) is 0 Å². The first kappa shape index (κ1) is 15.4. The Bertz CT molecular complexity index is 517. The molecule has 1 aromatic rings. The van der Waals surface area contributed by atoms with Gasteiger partial charge in [-0.3, -0.25) is 19.6 Å². The molecule has 2 rings (SSSR count). The van der Waals surface area contributed by atoms with Crippen molar-refractivity contribution in [2.24, 2.45) is 0 Å². The molecule has 1 aliphatic heterocycles. The molecule has 7 nitrogen and oxygen atoms in total. The highest BCUT2D eigenvalue weighted by molar-refractivity contribution is 5.94. The van der Waals surface area contributed by atoms with Gasteiger partial charge in [-0.25, -0.2) is 0 Å². The van der Waals surface area contributed by atoms with Crippen molar-refractivity contribution < 1.29 is 14.3 Å². The fourth-order valence-electron chi connectivity index (χ4n) is 2.24. The van der Waals surface area contributed by atoms with Gasteiger partial charge in [0.05, 0.1) is 37.3 Å². The molecule has 7 heteroatoms. The van der Waals surface area contributed by atoms with Gasteiger partial charge in [-0.15, -0.1) is 0 Å². The van der Waals surface area contributed by atoms with Crippen molar-refractivity contribution in [2.75, 3.05) is 26.8 Å². The Morgan fingerprint density at radius 1 is 1.33 bits per heavy atom. The maximum absolute atomic E-state index is 12.3. The number of carbonyl (C=O) groups is 2. The van der Waals surface area contributed by atoms with E-state index in [0.29, 0.717) is 25.4 Å². The van der Waals surface area contributed by atoms with Gasteiger partial charge in [0.2, 0.25) is 11.8 Å². The van der Waals surface area contributed by atoms with Crippen molar-refractivity contribution in [1.82, 2.24) is 19.8 Å². The molecule has 1 saturated heterocycles. The lowest BCUT2D eigenvalue weighted by atomic mass is 10.1. The maximum Gasteiger partial charge on any atom is 0.245 e. The molecule has 1 fully saturated rings.